The molecule has 5 heteroatoms. The normalized spacial score (nSPS) is 11.8. The van der Waals surface area contributed by atoms with Gasteiger partial charge in [0.05, 0.1) is 5.56 Å². The van der Waals surface area contributed by atoms with Gasteiger partial charge in [-0.15, -0.1) is 0 Å². The predicted molar refractivity (Wildman–Crippen MR) is 80.7 cm³/mol. The smallest absolute Gasteiger partial charge is 0.253 e. The van der Waals surface area contributed by atoms with Crippen LogP contribution in [0.2, 0.25) is 0 Å². The molecule has 0 bridgehead atoms. The van der Waals surface area contributed by atoms with Crippen LogP contribution in [0.15, 0.2) is 18.2 Å². The summed E-state index contributed by atoms with van der Waals surface area (Å²) in [5.74, 6) is -0.618. The van der Waals surface area contributed by atoms with E-state index in [1.165, 1.54) is 0 Å². The van der Waals surface area contributed by atoms with Crippen molar-refractivity contribution in [2.75, 3.05) is 11.9 Å². The monoisotopic (exact) mass is 277 g/mol. The van der Waals surface area contributed by atoms with Crippen molar-refractivity contribution in [3.05, 3.63) is 29.3 Å². The van der Waals surface area contributed by atoms with Crippen LogP contribution in [0.5, 0.6) is 0 Å². The minimum absolute atomic E-state index is 0.134. The average Bonchev–Trinajstić information content (AvgIpc) is 2.36. The van der Waals surface area contributed by atoms with Gasteiger partial charge in [-0.25, -0.2) is 0 Å². The summed E-state index contributed by atoms with van der Waals surface area (Å²) in [6, 6.07) is 5.42. The van der Waals surface area contributed by atoms with E-state index in [0.717, 1.165) is 24.2 Å². The molecule has 1 aromatic carbocycles. The fourth-order valence-electron chi connectivity index (χ4n) is 1.91. The summed E-state index contributed by atoms with van der Waals surface area (Å²) in [6.45, 7) is 6.57. The molecule has 0 aliphatic heterocycles. The molecule has 2 amide bonds. The van der Waals surface area contributed by atoms with Crippen molar-refractivity contribution < 1.29 is 9.59 Å². The Morgan fingerprint density at radius 3 is 2.65 bits per heavy atom. The summed E-state index contributed by atoms with van der Waals surface area (Å²) in [5.41, 5.74) is 7.54. The molecule has 1 unspecified atom stereocenters. The van der Waals surface area contributed by atoms with E-state index >= 15 is 0 Å². The molecule has 110 valence electrons. The Bertz CT molecular complexity index is 486. The third-order valence-electron chi connectivity index (χ3n) is 2.87. The van der Waals surface area contributed by atoms with E-state index in [-0.39, 0.29) is 18.4 Å². The summed E-state index contributed by atoms with van der Waals surface area (Å²) in [4.78, 5) is 23.1. The van der Waals surface area contributed by atoms with E-state index in [1.807, 2.05) is 25.1 Å². The van der Waals surface area contributed by atoms with Crippen molar-refractivity contribution in [1.29, 1.82) is 0 Å². The molecule has 1 rings (SSSR count). The molecule has 0 saturated heterocycles. The van der Waals surface area contributed by atoms with E-state index in [4.69, 9.17) is 5.73 Å². The molecule has 20 heavy (non-hydrogen) atoms. The maximum absolute atomic E-state index is 12.3. The second-order valence-electron chi connectivity index (χ2n) is 5.02. The van der Waals surface area contributed by atoms with Gasteiger partial charge in [0.15, 0.2) is 0 Å². The molecule has 0 saturated carbocycles. The Morgan fingerprint density at radius 1 is 1.35 bits per heavy atom. The number of rotatable bonds is 7. The van der Waals surface area contributed by atoms with E-state index in [1.54, 1.807) is 6.92 Å². The lowest BCUT2D eigenvalue weighted by atomic mass is 10.1. The number of benzene rings is 1. The highest BCUT2D eigenvalue weighted by molar-refractivity contribution is 6.00. The first-order valence-corrected chi connectivity index (χ1v) is 6.87. The molecule has 0 radical (unpaired) electrons. The van der Waals surface area contributed by atoms with Crippen LogP contribution in [-0.4, -0.2) is 24.4 Å². The Labute approximate surface area is 119 Å². The van der Waals surface area contributed by atoms with Crippen LogP contribution in [0.3, 0.4) is 0 Å². The summed E-state index contributed by atoms with van der Waals surface area (Å²) < 4.78 is 0. The Hall–Kier alpha value is -2.04. The van der Waals surface area contributed by atoms with Crippen molar-refractivity contribution in [3.63, 3.8) is 0 Å². The van der Waals surface area contributed by atoms with Crippen LogP contribution in [0.4, 0.5) is 5.69 Å². The number of nitrogens with one attached hydrogen (secondary N) is 2. The van der Waals surface area contributed by atoms with Crippen molar-refractivity contribution in [3.8, 4) is 0 Å². The van der Waals surface area contributed by atoms with Crippen molar-refractivity contribution >= 4 is 17.5 Å². The molecule has 0 aliphatic carbocycles. The quantitative estimate of drug-likeness (QED) is 0.710. The van der Waals surface area contributed by atoms with Crippen LogP contribution >= 0.6 is 0 Å². The van der Waals surface area contributed by atoms with Crippen molar-refractivity contribution in [1.82, 2.24) is 5.32 Å². The topological polar surface area (TPSA) is 84.2 Å². The van der Waals surface area contributed by atoms with Gasteiger partial charge >= 0.3 is 0 Å². The maximum Gasteiger partial charge on any atom is 0.253 e. The molecule has 0 fully saturated rings. The van der Waals surface area contributed by atoms with Gasteiger partial charge in [0.25, 0.3) is 5.91 Å². The summed E-state index contributed by atoms with van der Waals surface area (Å²) in [7, 11) is 0. The fraction of sp³-hybridized carbons (Fsp3) is 0.467. The van der Waals surface area contributed by atoms with Crippen LogP contribution in [0.25, 0.3) is 0 Å². The number of hydrogen-bond donors (Lipinski definition) is 3. The number of carbonyl (C=O) groups is 2. The number of hydrogen-bond acceptors (Lipinski definition) is 3. The zero-order valence-electron chi connectivity index (χ0n) is 12.3. The molecule has 0 spiro atoms. The third kappa shape index (κ3) is 4.91. The van der Waals surface area contributed by atoms with E-state index < -0.39 is 5.91 Å². The van der Waals surface area contributed by atoms with E-state index in [2.05, 4.69) is 17.6 Å². The minimum Gasteiger partial charge on any atom is -0.384 e. The molecule has 0 aromatic heterocycles. The lowest BCUT2D eigenvalue weighted by Gasteiger charge is -2.16. The molecular formula is C15H23N3O2. The third-order valence-corrected chi connectivity index (χ3v) is 2.87. The second-order valence-corrected chi connectivity index (χ2v) is 5.02. The first kappa shape index (κ1) is 16.0. The largest absolute Gasteiger partial charge is 0.384 e. The Balaban J connectivity index is 2.84. The number of aryl methyl sites for hydroxylation is 1. The van der Waals surface area contributed by atoms with Gasteiger partial charge in [-0.1, -0.05) is 18.6 Å². The highest BCUT2D eigenvalue weighted by Gasteiger charge is 2.15. The first-order chi connectivity index (χ1) is 9.43. The first-order valence-electron chi connectivity index (χ1n) is 6.87. The van der Waals surface area contributed by atoms with E-state index in [0.29, 0.717) is 5.56 Å². The highest BCUT2D eigenvalue weighted by atomic mass is 16.2. The molecule has 1 atom stereocenters. The number of amides is 2. The zero-order chi connectivity index (χ0) is 15.1. The maximum atomic E-state index is 12.3. The fourth-order valence-corrected chi connectivity index (χ4v) is 1.91. The predicted octanol–water partition coefficient (Wildman–Crippen LogP) is 1.81. The van der Waals surface area contributed by atoms with Crippen molar-refractivity contribution in [2.45, 2.75) is 39.7 Å². The van der Waals surface area contributed by atoms with Gasteiger partial charge in [0.2, 0.25) is 5.91 Å². The van der Waals surface area contributed by atoms with Crippen LogP contribution in [-0.2, 0) is 4.79 Å². The Kier molecular flexibility index (Phi) is 6.03. The van der Waals surface area contributed by atoms with Gasteiger partial charge < -0.3 is 16.4 Å². The Morgan fingerprint density at radius 2 is 2.05 bits per heavy atom. The van der Waals surface area contributed by atoms with Gasteiger partial charge in [-0.3, -0.25) is 9.59 Å². The number of anilines is 1. The van der Waals surface area contributed by atoms with Gasteiger partial charge in [-0.2, -0.15) is 0 Å². The second kappa shape index (κ2) is 7.53. The molecule has 1 aromatic rings. The van der Waals surface area contributed by atoms with Gasteiger partial charge in [-0.05, 0) is 32.4 Å². The van der Waals surface area contributed by atoms with Gasteiger partial charge in [0, 0.05) is 24.7 Å². The minimum atomic E-state index is -0.425. The van der Waals surface area contributed by atoms with Crippen LogP contribution < -0.4 is 16.4 Å². The number of nitrogens with two attached hydrogens (primary N) is 1. The molecule has 0 heterocycles. The van der Waals surface area contributed by atoms with Gasteiger partial charge in [0.1, 0.15) is 0 Å². The zero-order valence-corrected chi connectivity index (χ0v) is 12.3. The SMILES string of the molecule is CCCNc1ccc(C)cc1C(=O)NC(C)CC(N)=O. The van der Waals surface area contributed by atoms with Crippen LogP contribution in [0, 0.1) is 6.92 Å². The molecule has 0 aliphatic rings. The lowest BCUT2D eigenvalue weighted by molar-refractivity contribution is -0.118. The summed E-state index contributed by atoms with van der Waals surface area (Å²) in [5, 5.41) is 6.02. The van der Waals surface area contributed by atoms with E-state index in [9.17, 15) is 9.59 Å². The average molecular weight is 277 g/mol. The standard InChI is InChI=1S/C15H23N3O2/c1-4-7-17-13-6-5-10(2)8-12(13)15(20)18-11(3)9-14(16)19/h5-6,8,11,17H,4,7,9H2,1-3H3,(H2,16,19)(H,18,20). The number of primary amides is 1. The van der Waals surface area contributed by atoms with Crippen LogP contribution in [0.1, 0.15) is 42.6 Å². The van der Waals surface area contributed by atoms with Crippen molar-refractivity contribution in [2.24, 2.45) is 5.73 Å². The molecule has 5 nitrogen and oxygen atoms in total. The lowest BCUT2D eigenvalue weighted by Crippen LogP contribution is -2.36. The highest BCUT2D eigenvalue weighted by Crippen LogP contribution is 2.17. The number of carbonyl (C=O) groups excluding carboxylic acids is 2. The molecule has 4 N–H and O–H groups in total. The summed E-state index contributed by atoms with van der Waals surface area (Å²) >= 11 is 0. The molecular weight excluding hydrogens is 254 g/mol. The summed E-state index contributed by atoms with van der Waals surface area (Å²) in [6.07, 6.45) is 1.11.